The molecule has 8 heteroatoms. The van der Waals surface area contributed by atoms with Gasteiger partial charge in [0.1, 0.15) is 4.90 Å². The first-order chi connectivity index (χ1) is 13.0. The van der Waals surface area contributed by atoms with Crippen LogP contribution in [0.3, 0.4) is 0 Å². The lowest BCUT2D eigenvalue weighted by Crippen LogP contribution is -2.51. The van der Waals surface area contributed by atoms with Crippen LogP contribution in [0.15, 0.2) is 41.2 Å². The zero-order valence-electron chi connectivity index (χ0n) is 15.9. The lowest BCUT2D eigenvalue weighted by atomic mass is 10.0. The first-order valence-electron chi connectivity index (χ1n) is 9.64. The lowest BCUT2D eigenvalue weighted by molar-refractivity contribution is -0.130. The summed E-state index contributed by atoms with van der Waals surface area (Å²) in [6, 6.07) is 3.19. The largest absolute Gasteiger partial charge is 0.316 e. The zero-order valence-corrected chi connectivity index (χ0v) is 16.7. The third-order valence-corrected chi connectivity index (χ3v) is 7.08. The maximum atomic E-state index is 12.7. The van der Waals surface area contributed by atoms with Crippen LogP contribution in [-0.4, -0.2) is 72.7 Å². The van der Waals surface area contributed by atoms with Gasteiger partial charge < -0.3 is 4.90 Å². The molecule has 1 aromatic rings. The van der Waals surface area contributed by atoms with Crippen LogP contribution in [0.25, 0.3) is 0 Å². The number of hydrogen-bond acceptors (Lipinski definition) is 5. The Hall–Kier alpha value is -1.77. The molecule has 0 atom stereocenters. The second-order valence-corrected chi connectivity index (χ2v) is 8.89. The van der Waals surface area contributed by atoms with Gasteiger partial charge in [-0.15, -0.1) is 0 Å². The SMILES string of the molecule is CCN(C(=O)CN1CCN(S(=O)(=O)c2cccnc2)CC1)C1=CCCCC1. The molecule has 148 valence electrons. The van der Waals surface area contributed by atoms with E-state index in [4.69, 9.17) is 0 Å². The minimum Gasteiger partial charge on any atom is -0.316 e. The highest BCUT2D eigenvalue weighted by Gasteiger charge is 2.30. The van der Waals surface area contributed by atoms with Crippen LogP contribution in [0.2, 0.25) is 0 Å². The van der Waals surface area contributed by atoms with Crippen LogP contribution >= 0.6 is 0 Å². The Balaban J connectivity index is 1.56. The number of likely N-dealkylation sites (N-methyl/N-ethyl adjacent to an activating group) is 1. The highest BCUT2D eigenvalue weighted by molar-refractivity contribution is 7.89. The number of nitrogens with zero attached hydrogens (tertiary/aromatic N) is 4. The predicted octanol–water partition coefficient (Wildman–Crippen LogP) is 1.69. The Kier molecular flexibility index (Phi) is 6.62. The molecular weight excluding hydrogens is 364 g/mol. The van der Waals surface area contributed by atoms with E-state index in [1.54, 1.807) is 18.3 Å². The van der Waals surface area contributed by atoms with Crippen molar-refractivity contribution in [2.75, 3.05) is 39.3 Å². The van der Waals surface area contributed by atoms with Gasteiger partial charge in [-0.05, 0) is 44.7 Å². The van der Waals surface area contributed by atoms with Crippen LogP contribution in [0.4, 0.5) is 0 Å². The molecule has 0 saturated carbocycles. The van der Waals surface area contributed by atoms with E-state index >= 15 is 0 Å². The summed E-state index contributed by atoms with van der Waals surface area (Å²) < 4.78 is 26.8. The van der Waals surface area contributed by atoms with Gasteiger partial charge >= 0.3 is 0 Å². The lowest BCUT2D eigenvalue weighted by Gasteiger charge is -2.35. The van der Waals surface area contributed by atoms with Gasteiger partial charge in [0.15, 0.2) is 0 Å². The third kappa shape index (κ3) is 4.75. The van der Waals surface area contributed by atoms with Gasteiger partial charge in [0.25, 0.3) is 0 Å². The number of rotatable bonds is 6. The smallest absolute Gasteiger partial charge is 0.244 e. The Morgan fingerprint density at radius 2 is 2.00 bits per heavy atom. The zero-order chi connectivity index (χ0) is 19.3. The average molecular weight is 393 g/mol. The molecule has 0 N–H and O–H groups in total. The maximum absolute atomic E-state index is 12.7. The fourth-order valence-corrected chi connectivity index (χ4v) is 5.05. The molecule has 2 aliphatic rings. The van der Waals surface area contributed by atoms with Gasteiger partial charge in [-0.25, -0.2) is 8.42 Å². The molecule has 0 aromatic carbocycles. The topological polar surface area (TPSA) is 73.8 Å². The van der Waals surface area contributed by atoms with Crippen molar-refractivity contribution in [3.8, 4) is 0 Å². The second kappa shape index (κ2) is 8.95. The van der Waals surface area contributed by atoms with Crippen molar-refractivity contribution in [3.05, 3.63) is 36.3 Å². The predicted molar refractivity (Wildman–Crippen MR) is 103 cm³/mol. The van der Waals surface area contributed by atoms with Gasteiger partial charge in [0.05, 0.1) is 6.54 Å². The number of allylic oxidation sites excluding steroid dienone is 2. The van der Waals surface area contributed by atoms with Crippen molar-refractivity contribution in [1.82, 2.24) is 19.1 Å². The number of hydrogen-bond donors (Lipinski definition) is 0. The minimum absolute atomic E-state index is 0.106. The highest BCUT2D eigenvalue weighted by Crippen LogP contribution is 2.21. The Morgan fingerprint density at radius 3 is 2.59 bits per heavy atom. The number of carbonyl (C=O) groups excluding carboxylic acids is 1. The monoisotopic (exact) mass is 392 g/mol. The fraction of sp³-hybridized carbons (Fsp3) is 0.579. The van der Waals surface area contributed by atoms with Crippen molar-refractivity contribution in [2.24, 2.45) is 0 Å². The number of sulfonamides is 1. The van der Waals surface area contributed by atoms with Gasteiger partial charge in [0, 0.05) is 50.8 Å². The summed E-state index contributed by atoms with van der Waals surface area (Å²) in [4.78, 5) is 20.8. The van der Waals surface area contributed by atoms with E-state index in [1.807, 2.05) is 16.7 Å². The number of piperazine rings is 1. The van der Waals surface area contributed by atoms with Crippen molar-refractivity contribution < 1.29 is 13.2 Å². The van der Waals surface area contributed by atoms with Crippen LogP contribution in [0.1, 0.15) is 32.6 Å². The van der Waals surface area contributed by atoms with E-state index in [9.17, 15) is 13.2 Å². The van der Waals surface area contributed by atoms with E-state index in [1.165, 1.54) is 16.9 Å². The highest BCUT2D eigenvalue weighted by atomic mass is 32.2. The quantitative estimate of drug-likeness (QED) is 0.737. The van der Waals surface area contributed by atoms with Gasteiger partial charge in [-0.3, -0.25) is 14.7 Å². The normalized spacial score (nSPS) is 19.5. The van der Waals surface area contributed by atoms with Crippen molar-refractivity contribution in [1.29, 1.82) is 0 Å². The number of pyridine rings is 1. The Morgan fingerprint density at radius 1 is 1.22 bits per heavy atom. The standard InChI is InChI=1S/C19H28N4O3S/c1-2-23(17-7-4-3-5-8-17)19(24)16-21-11-13-22(14-12-21)27(25,26)18-9-6-10-20-15-18/h6-7,9-10,15H,2-5,8,11-14,16H2,1H3. The summed E-state index contributed by atoms with van der Waals surface area (Å²) in [6.45, 7) is 4.92. The van der Waals surface area contributed by atoms with Crippen molar-refractivity contribution in [3.63, 3.8) is 0 Å². The molecule has 3 rings (SSSR count). The summed E-state index contributed by atoms with van der Waals surface area (Å²) in [5, 5.41) is 0. The van der Waals surface area contributed by atoms with Crippen LogP contribution in [0.5, 0.6) is 0 Å². The molecule has 1 saturated heterocycles. The second-order valence-electron chi connectivity index (χ2n) is 6.95. The molecule has 0 spiro atoms. The third-order valence-electron chi connectivity index (χ3n) is 5.19. The minimum atomic E-state index is -3.51. The van der Waals surface area contributed by atoms with Crippen LogP contribution < -0.4 is 0 Å². The average Bonchev–Trinajstić information content (AvgIpc) is 2.70. The maximum Gasteiger partial charge on any atom is 0.244 e. The van der Waals surface area contributed by atoms with Crippen molar-refractivity contribution >= 4 is 15.9 Å². The number of aromatic nitrogens is 1. The summed E-state index contributed by atoms with van der Waals surface area (Å²) in [7, 11) is -3.51. The number of carbonyl (C=O) groups is 1. The molecule has 7 nitrogen and oxygen atoms in total. The summed E-state index contributed by atoms with van der Waals surface area (Å²) in [5.74, 6) is 0.106. The molecular formula is C19H28N4O3S. The molecule has 1 aromatic heterocycles. The molecule has 1 aliphatic carbocycles. The summed E-state index contributed by atoms with van der Waals surface area (Å²) in [6.07, 6.45) is 9.47. The van der Waals surface area contributed by atoms with Crippen LogP contribution in [0, 0.1) is 0 Å². The molecule has 1 aliphatic heterocycles. The fourth-order valence-electron chi connectivity index (χ4n) is 3.66. The van der Waals surface area contributed by atoms with Gasteiger partial charge in [0.2, 0.25) is 15.9 Å². The Labute approximate surface area is 161 Å². The molecule has 0 bridgehead atoms. The molecule has 2 heterocycles. The van der Waals surface area contributed by atoms with E-state index in [0.29, 0.717) is 39.3 Å². The van der Waals surface area contributed by atoms with Crippen molar-refractivity contribution in [2.45, 2.75) is 37.5 Å². The molecule has 1 fully saturated rings. The van der Waals surface area contributed by atoms with E-state index in [0.717, 1.165) is 25.0 Å². The Bertz CT molecular complexity index is 771. The van der Waals surface area contributed by atoms with Gasteiger partial charge in [-0.2, -0.15) is 4.31 Å². The van der Waals surface area contributed by atoms with E-state index in [-0.39, 0.29) is 10.8 Å². The molecule has 0 unspecified atom stereocenters. The summed E-state index contributed by atoms with van der Waals surface area (Å²) >= 11 is 0. The van der Waals surface area contributed by atoms with E-state index in [2.05, 4.69) is 11.1 Å². The van der Waals surface area contributed by atoms with Gasteiger partial charge in [-0.1, -0.05) is 6.08 Å². The molecule has 0 radical (unpaired) electrons. The summed E-state index contributed by atoms with van der Waals surface area (Å²) in [5.41, 5.74) is 1.14. The van der Waals surface area contributed by atoms with E-state index < -0.39 is 10.0 Å². The number of amides is 1. The first-order valence-corrected chi connectivity index (χ1v) is 11.1. The first kappa shape index (κ1) is 20.0. The van der Waals surface area contributed by atoms with Crippen LogP contribution in [-0.2, 0) is 14.8 Å². The molecule has 27 heavy (non-hydrogen) atoms. The molecule has 1 amide bonds.